The number of halogens is 2. The molecule has 0 spiro atoms. The number of rotatable bonds is 1. The molecule has 1 aliphatic heterocycles. The van der Waals surface area contributed by atoms with Crippen LogP contribution in [0.5, 0.6) is 0 Å². The minimum atomic E-state index is -0.221. The normalized spacial score (nSPS) is 15.2. The van der Waals surface area contributed by atoms with Crippen LogP contribution in [-0.4, -0.2) is 11.6 Å². The van der Waals surface area contributed by atoms with Gasteiger partial charge in [-0.15, -0.1) is 0 Å². The van der Waals surface area contributed by atoms with Crippen LogP contribution in [0.2, 0.25) is 5.02 Å². The molecule has 0 radical (unpaired) electrons. The molecule has 0 bridgehead atoms. The third kappa shape index (κ3) is 2.49. The van der Waals surface area contributed by atoms with Crippen molar-refractivity contribution in [3.8, 4) is 0 Å². The van der Waals surface area contributed by atoms with Crippen LogP contribution in [0.25, 0.3) is 0 Å². The molecule has 0 aromatic heterocycles. The molecule has 1 N–H and O–H groups in total. The summed E-state index contributed by atoms with van der Waals surface area (Å²) in [6.45, 7) is 3.91. The maximum absolute atomic E-state index is 12.2. The first-order valence-corrected chi connectivity index (χ1v) is 7.60. The lowest BCUT2D eigenvalue weighted by Gasteiger charge is -2.04. The Morgan fingerprint density at radius 1 is 1.14 bits per heavy atom. The minimum absolute atomic E-state index is 0.221. The number of nitrogens with zero attached hydrogens (tertiary/aromatic N) is 1. The van der Waals surface area contributed by atoms with Crippen LogP contribution in [0, 0.1) is 13.8 Å². The lowest BCUT2D eigenvalue weighted by Crippen LogP contribution is -2.14. The summed E-state index contributed by atoms with van der Waals surface area (Å²) in [5, 5.41) is 3.37. The van der Waals surface area contributed by atoms with Crippen LogP contribution in [0.4, 0.5) is 11.4 Å². The summed E-state index contributed by atoms with van der Waals surface area (Å²) in [5.41, 5.74) is 4.56. The Hall–Kier alpha value is -1.65. The highest BCUT2D eigenvalue weighted by atomic mass is 79.9. The number of nitrogens with one attached hydrogen (secondary N) is 1. The molecule has 2 aromatic rings. The number of carbonyl (C=O) groups is 1. The molecule has 106 valence electrons. The van der Waals surface area contributed by atoms with Gasteiger partial charge in [-0.3, -0.25) is 4.79 Å². The highest BCUT2D eigenvalue weighted by Gasteiger charge is 2.29. The summed E-state index contributed by atoms with van der Waals surface area (Å²) < 4.78 is 1.01. The Morgan fingerprint density at radius 2 is 1.90 bits per heavy atom. The highest BCUT2D eigenvalue weighted by molar-refractivity contribution is 9.10. The molecule has 0 aliphatic carbocycles. The Morgan fingerprint density at radius 3 is 2.62 bits per heavy atom. The molecule has 3 rings (SSSR count). The van der Waals surface area contributed by atoms with Crippen molar-refractivity contribution in [3.63, 3.8) is 0 Å². The Labute approximate surface area is 136 Å². The van der Waals surface area contributed by atoms with Crippen LogP contribution in [-0.2, 0) is 4.79 Å². The van der Waals surface area contributed by atoms with Crippen LogP contribution in [0.15, 0.2) is 39.8 Å². The Balaban J connectivity index is 2.16. The fraction of sp³-hybridized carbons (Fsp3) is 0.125. The molecule has 3 nitrogen and oxygen atoms in total. The van der Waals surface area contributed by atoms with Crippen molar-refractivity contribution in [1.29, 1.82) is 0 Å². The fourth-order valence-electron chi connectivity index (χ4n) is 2.29. The number of carbonyl (C=O) groups excluding carboxylic acids is 1. The molecule has 0 unspecified atom stereocenters. The summed E-state index contributed by atoms with van der Waals surface area (Å²) in [7, 11) is 0. The van der Waals surface area contributed by atoms with E-state index >= 15 is 0 Å². The SMILES string of the molecule is Cc1cc(N=C2C(=O)Nc3c(C)ccc(Cl)c32)ccc1Br. The number of aliphatic imine (C=N–C) groups is 1. The number of anilines is 1. The van der Waals surface area contributed by atoms with Gasteiger partial charge in [0.25, 0.3) is 5.91 Å². The van der Waals surface area contributed by atoms with Crippen molar-refractivity contribution >= 4 is 50.5 Å². The zero-order valence-electron chi connectivity index (χ0n) is 11.5. The Kier molecular flexibility index (Phi) is 3.59. The van der Waals surface area contributed by atoms with Crippen molar-refractivity contribution in [2.75, 3.05) is 5.32 Å². The zero-order chi connectivity index (χ0) is 15.1. The molecule has 2 aromatic carbocycles. The smallest absolute Gasteiger partial charge is 0.275 e. The van der Waals surface area contributed by atoms with Gasteiger partial charge in [0.2, 0.25) is 0 Å². The van der Waals surface area contributed by atoms with Gasteiger partial charge >= 0.3 is 0 Å². The average Bonchev–Trinajstić information content (AvgIpc) is 2.77. The molecular weight excluding hydrogens is 352 g/mol. The number of hydrogen-bond acceptors (Lipinski definition) is 2. The molecule has 21 heavy (non-hydrogen) atoms. The molecule has 1 aliphatic rings. The van der Waals surface area contributed by atoms with Crippen molar-refractivity contribution < 1.29 is 4.79 Å². The van der Waals surface area contributed by atoms with E-state index in [4.69, 9.17) is 11.6 Å². The van der Waals surface area contributed by atoms with Gasteiger partial charge in [-0.2, -0.15) is 0 Å². The van der Waals surface area contributed by atoms with E-state index in [1.54, 1.807) is 6.07 Å². The van der Waals surface area contributed by atoms with E-state index in [-0.39, 0.29) is 5.91 Å². The lowest BCUT2D eigenvalue weighted by atomic mass is 10.1. The number of aryl methyl sites for hydroxylation is 2. The van der Waals surface area contributed by atoms with E-state index < -0.39 is 0 Å². The summed E-state index contributed by atoms with van der Waals surface area (Å²) >= 11 is 9.70. The van der Waals surface area contributed by atoms with Crippen molar-refractivity contribution in [2.45, 2.75) is 13.8 Å². The van der Waals surface area contributed by atoms with Crippen LogP contribution in [0.1, 0.15) is 16.7 Å². The van der Waals surface area contributed by atoms with Gasteiger partial charge in [-0.1, -0.05) is 33.6 Å². The van der Waals surface area contributed by atoms with Gasteiger partial charge in [0.1, 0.15) is 5.71 Å². The molecule has 0 saturated carbocycles. The monoisotopic (exact) mass is 362 g/mol. The summed E-state index contributed by atoms with van der Waals surface area (Å²) in [6.07, 6.45) is 0. The first kappa shape index (κ1) is 14.3. The predicted octanol–water partition coefficient (Wildman–Crippen LogP) is 4.79. The fourth-order valence-corrected chi connectivity index (χ4v) is 2.79. The van der Waals surface area contributed by atoms with Crippen LogP contribution >= 0.6 is 27.5 Å². The topological polar surface area (TPSA) is 41.5 Å². The zero-order valence-corrected chi connectivity index (χ0v) is 13.8. The van der Waals surface area contributed by atoms with Crippen molar-refractivity contribution in [2.24, 2.45) is 4.99 Å². The number of amides is 1. The number of fused-ring (bicyclic) bond motifs is 1. The van der Waals surface area contributed by atoms with E-state index in [1.165, 1.54) is 0 Å². The Bertz CT molecular complexity index is 799. The van der Waals surface area contributed by atoms with Gasteiger partial charge < -0.3 is 5.32 Å². The van der Waals surface area contributed by atoms with E-state index in [0.717, 1.165) is 27.0 Å². The second kappa shape index (κ2) is 5.28. The standard InChI is InChI=1S/C16H12BrClN2O/c1-8-3-6-12(18)13-14(8)20-16(21)15(13)19-10-4-5-11(17)9(2)7-10/h3-7H,1-2H3,(H,19,20,21). The first-order chi connectivity index (χ1) is 9.97. The van der Waals surface area contributed by atoms with Gasteiger partial charge in [0.05, 0.1) is 16.4 Å². The molecular formula is C16H12BrClN2O. The van der Waals surface area contributed by atoms with Crippen LogP contribution < -0.4 is 5.32 Å². The van der Waals surface area contributed by atoms with Gasteiger partial charge in [0.15, 0.2) is 0 Å². The average molecular weight is 364 g/mol. The van der Waals surface area contributed by atoms with Gasteiger partial charge in [0, 0.05) is 10.0 Å². The molecule has 1 amide bonds. The molecule has 0 atom stereocenters. The van der Waals surface area contributed by atoms with Gasteiger partial charge in [-0.25, -0.2) is 4.99 Å². The lowest BCUT2D eigenvalue weighted by molar-refractivity contribution is -0.110. The van der Waals surface area contributed by atoms with Crippen molar-refractivity contribution in [3.05, 3.63) is 56.5 Å². The predicted molar refractivity (Wildman–Crippen MR) is 89.9 cm³/mol. The maximum Gasteiger partial charge on any atom is 0.275 e. The maximum atomic E-state index is 12.2. The van der Waals surface area contributed by atoms with Gasteiger partial charge in [-0.05, 0) is 49.2 Å². The number of benzene rings is 2. The van der Waals surface area contributed by atoms with E-state index in [2.05, 4.69) is 26.2 Å². The highest BCUT2D eigenvalue weighted by Crippen LogP contribution is 2.34. The molecule has 0 fully saturated rings. The van der Waals surface area contributed by atoms with Crippen molar-refractivity contribution in [1.82, 2.24) is 0 Å². The summed E-state index contributed by atoms with van der Waals surface area (Å²) in [6, 6.07) is 9.37. The number of hydrogen-bond donors (Lipinski definition) is 1. The molecule has 1 heterocycles. The van der Waals surface area contributed by atoms with Crippen LogP contribution in [0.3, 0.4) is 0 Å². The van der Waals surface area contributed by atoms with E-state index in [0.29, 0.717) is 16.3 Å². The molecule has 0 saturated heterocycles. The summed E-state index contributed by atoms with van der Waals surface area (Å²) in [5.74, 6) is -0.221. The molecule has 5 heteroatoms. The second-order valence-electron chi connectivity index (χ2n) is 4.96. The third-order valence-electron chi connectivity index (χ3n) is 3.44. The van der Waals surface area contributed by atoms with E-state index in [9.17, 15) is 4.79 Å². The summed E-state index contributed by atoms with van der Waals surface area (Å²) in [4.78, 5) is 16.7. The second-order valence-corrected chi connectivity index (χ2v) is 6.22. The first-order valence-electron chi connectivity index (χ1n) is 6.43. The quantitative estimate of drug-likeness (QED) is 0.777. The van der Waals surface area contributed by atoms with E-state index in [1.807, 2.05) is 38.1 Å². The third-order valence-corrected chi connectivity index (χ3v) is 4.64. The largest absolute Gasteiger partial charge is 0.320 e. The minimum Gasteiger partial charge on any atom is -0.320 e.